The predicted molar refractivity (Wildman–Crippen MR) is 78.8 cm³/mol. The molecule has 0 saturated carbocycles. The van der Waals surface area contributed by atoms with Crippen LogP contribution in [0.2, 0.25) is 0 Å². The zero-order chi connectivity index (χ0) is 17.7. The standard InChI is InChI=1S/C8H9NO5.C6H7N3O/c10-2-1-4-7(8(12)13)9-5(11)3-6(9)14-4;7-9-6(10)5-1-3-8-4-2-5/h1,6-7,10H,2-3H2,(H,12,13);1-4H,7H2,(H,9,10). The number of nitrogens with two attached hydrogens (primary N) is 1. The fourth-order valence-corrected chi connectivity index (χ4v) is 2.25. The predicted octanol–water partition coefficient (Wildman–Crippen LogP) is -1.41. The normalized spacial score (nSPS) is 22.7. The fourth-order valence-electron chi connectivity index (χ4n) is 2.25. The van der Waals surface area contributed by atoms with Crippen molar-refractivity contribution in [2.24, 2.45) is 5.84 Å². The first-order chi connectivity index (χ1) is 11.5. The third-order valence-corrected chi connectivity index (χ3v) is 3.37. The number of carbonyl (C=O) groups is 3. The number of hydrazine groups is 1. The molecular formula is C14H16N4O6. The summed E-state index contributed by atoms with van der Waals surface area (Å²) < 4.78 is 5.17. The van der Waals surface area contributed by atoms with Crippen molar-refractivity contribution in [3.8, 4) is 0 Å². The van der Waals surface area contributed by atoms with Crippen molar-refractivity contribution in [2.75, 3.05) is 6.61 Å². The summed E-state index contributed by atoms with van der Waals surface area (Å²) >= 11 is 0. The number of carboxylic acids is 1. The molecular weight excluding hydrogens is 320 g/mol. The lowest BCUT2D eigenvalue weighted by atomic mass is 10.1. The van der Waals surface area contributed by atoms with Crippen molar-refractivity contribution in [3.63, 3.8) is 0 Å². The molecule has 2 unspecified atom stereocenters. The molecule has 2 aliphatic rings. The molecule has 0 aliphatic carbocycles. The molecule has 0 bridgehead atoms. The number of aliphatic hydroxyl groups excluding tert-OH is 1. The summed E-state index contributed by atoms with van der Waals surface area (Å²) in [5, 5.41) is 17.5. The number of carbonyl (C=O) groups excluding carboxylic acids is 2. The maximum Gasteiger partial charge on any atom is 0.334 e. The van der Waals surface area contributed by atoms with Gasteiger partial charge in [0.25, 0.3) is 5.91 Å². The van der Waals surface area contributed by atoms with E-state index in [1.165, 1.54) is 23.4 Å². The molecule has 2 amide bonds. The van der Waals surface area contributed by atoms with Gasteiger partial charge in [0.1, 0.15) is 5.76 Å². The number of aromatic nitrogens is 1. The Kier molecular flexibility index (Phi) is 5.45. The van der Waals surface area contributed by atoms with Gasteiger partial charge in [-0.2, -0.15) is 0 Å². The second-order valence-electron chi connectivity index (χ2n) is 4.82. The number of fused-ring (bicyclic) bond motifs is 1. The van der Waals surface area contributed by atoms with Crippen molar-refractivity contribution in [2.45, 2.75) is 18.7 Å². The molecule has 2 fully saturated rings. The van der Waals surface area contributed by atoms with Crippen LogP contribution in [0.1, 0.15) is 16.8 Å². The number of rotatable bonds is 3. The number of aliphatic carboxylic acids is 1. The highest BCUT2D eigenvalue weighted by Crippen LogP contribution is 2.36. The molecule has 10 nitrogen and oxygen atoms in total. The van der Waals surface area contributed by atoms with Crippen molar-refractivity contribution in [1.82, 2.24) is 15.3 Å². The number of hydrogen-bond donors (Lipinski definition) is 4. The average molecular weight is 336 g/mol. The number of ether oxygens (including phenoxy) is 1. The Morgan fingerprint density at radius 2 is 2.12 bits per heavy atom. The number of nitrogens with zero attached hydrogens (tertiary/aromatic N) is 2. The molecule has 2 atom stereocenters. The van der Waals surface area contributed by atoms with Crippen LogP contribution in [0.4, 0.5) is 0 Å². The molecule has 1 aromatic rings. The van der Waals surface area contributed by atoms with Gasteiger partial charge in [-0.25, -0.2) is 10.6 Å². The van der Waals surface area contributed by atoms with E-state index in [-0.39, 0.29) is 30.6 Å². The summed E-state index contributed by atoms with van der Waals surface area (Å²) in [5.74, 6) is 3.36. The summed E-state index contributed by atoms with van der Waals surface area (Å²) in [6.45, 7) is -0.298. The molecule has 0 spiro atoms. The molecule has 3 rings (SSSR count). The Morgan fingerprint density at radius 3 is 2.62 bits per heavy atom. The summed E-state index contributed by atoms with van der Waals surface area (Å²) in [4.78, 5) is 37.6. The maximum absolute atomic E-state index is 11.1. The maximum atomic E-state index is 11.1. The van der Waals surface area contributed by atoms with E-state index in [0.29, 0.717) is 5.56 Å². The number of amides is 2. The van der Waals surface area contributed by atoms with Gasteiger partial charge in [0.15, 0.2) is 12.3 Å². The third kappa shape index (κ3) is 3.50. The molecule has 3 heterocycles. The fraction of sp³-hybridized carbons (Fsp3) is 0.286. The van der Waals surface area contributed by atoms with Gasteiger partial charge in [-0.05, 0) is 18.2 Å². The topological polar surface area (TPSA) is 155 Å². The number of nitrogen functional groups attached to an aromatic ring is 1. The minimum Gasteiger partial charge on any atom is -0.479 e. The number of aliphatic hydroxyl groups is 1. The van der Waals surface area contributed by atoms with Gasteiger partial charge < -0.3 is 14.9 Å². The van der Waals surface area contributed by atoms with Crippen LogP contribution < -0.4 is 11.3 Å². The summed E-state index contributed by atoms with van der Waals surface area (Å²) in [7, 11) is 0. The molecule has 2 aliphatic heterocycles. The van der Waals surface area contributed by atoms with E-state index < -0.39 is 18.2 Å². The van der Waals surface area contributed by atoms with Crippen LogP contribution in [0.25, 0.3) is 0 Å². The van der Waals surface area contributed by atoms with Crippen LogP contribution in [-0.2, 0) is 14.3 Å². The molecule has 2 saturated heterocycles. The smallest absolute Gasteiger partial charge is 0.334 e. The van der Waals surface area contributed by atoms with Crippen LogP contribution >= 0.6 is 0 Å². The number of carboxylic acid groups (broad SMARTS) is 1. The van der Waals surface area contributed by atoms with Crippen LogP contribution in [0.15, 0.2) is 36.4 Å². The Labute approximate surface area is 136 Å². The molecule has 10 heteroatoms. The molecule has 0 radical (unpaired) electrons. The minimum atomic E-state index is -1.14. The van der Waals surface area contributed by atoms with E-state index >= 15 is 0 Å². The molecule has 128 valence electrons. The lowest BCUT2D eigenvalue weighted by Crippen LogP contribution is -2.54. The Bertz CT molecular complexity index is 662. The first kappa shape index (κ1) is 17.4. The number of nitrogens with one attached hydrogen (secondary N) is 1. The van der Waals surface area contributed by atoms with Crippen molar-refractivity contribution in [3.05, 3.63) is 41.9 Å². The number of hydrogen-bond acceptors (Lipinski definition) is 7. The van der Waals surface area contributed by atoms with E-state index in [0.717, 1.165) is 0 Å². The van der Waals surface area contributed by atoms with Gasteiger partial charge in [0.2, 0.25) is 5.91 Å². The van der Waals surface area contributed by atoms with Crippen LogP contribution in [0, 0.1) is 0 Å². The highest BCUT2D eigenvalue weighted by molar-refractivity contribution is 5.93. The highest BCUT2D eigenvalue weighted by Gasteiger charge is 2.53. The van der Waals surface area contributed by atoms with E-state index in [1.54, 1.807) is 12.1 Å². The van der Waals surface area contributed by atoms with E-state index in [1.807, 2.05) is 5.43 Å². The van der Waals surface area contributed by atoms with Gasteiger partial charge in [-0.15, -0.1) is 0 Å². The monoisotopic (exact) mass is 336 g/mol. The van der Waals surface area contributed by atoms with Crippen molar-refractivity contribution in [1.29, 1.82) is 0 Å². The summed E-state index contributed by atoms with van der Waals surface area (Å²) in [6.07, 6.45) is 4.09. The van der Waals surface area contributed by atoms with Gasteiger partial charge in [0.05, 0.1) is 13.0 Å². The zero-order valence-electron chi connectivity index (χ0n) is 12.5. The van der Waals surface area contributed by atoms with Crippen LogP contribution in [0.5, 0.6) is 0 Å². The van der Waals surface area contributed by atoms with Gasteiger partial charge in [-0.3, -0.25) is 24.9 Å². The van der Waals surface area contributed by atoms with Crippen molar-refractivity contribution >= 4 is 17.8 Å². The third-order valence-electron chi connectivity index (χ3n) is 3.37. The van der Waals surface area contributed by atoms with E-state index in [4.69, 9.17) is 20.8 Å². The lowest BCUT2D eigenvalue weighted by Gasteiger charge is -2.33. The average Bonchev–Trinajstić information content (AvgIpc) is 2.88. The van der Waals surface area contributed by atoms with Gasteiger partial charge in [0, 0.05) is 18.0 Å². The van der Waals surface area contributed by atoms with Gasteiger partial charge in [-0.1, -0.05) is 0 Å². The van der Waals surface area contributed by atoms with E-state index in [2.05, 4.69) is 4.98 Å². The van der Waals surface area contributed by atoms with Crippen LogP contribution in [-0.4, -0.2) is 56.8 Å². The molecule has 1 aromatic heterocycles. The molecule has 5 N–H and O–H groups in total. The highest BCUT2D eigenvalue weighted by atomic mass is 16.5. The number of pyridine rings is 1. The molecule has 0 aromatic carbocycles. The number of β-lactam (4-membered cyclic amide) rings is 1. The summed E-state index contributed by atoms with van der Waals surface area (Å²) in [5.41, 5.74) is 2.53. The Balaban J connectivity index is 0.000000185. The SMILES string of the molecule is NNC(=O)c1ccncc1.O=C(O)C1C(=CCO)OC2CC(=O)N21. The quantitative estimate of drug-likeness (QED) is 0.227. The summed E-state index contributed by atoms with van der Waals surface area (Å²) in [6, 6.07) is 2.11. The zero-order valence-corrected chi connectivity index (χ0v) is 12.5. The van der Waals surface area contributed by atoms with Gasteiger partial charge >= 0.3 is 5.97 Å². The minimum absolute atomic E-state index is 0.149. The Morgan fingerprint density at radius 1 is 1.46 bits per heavy atom. The lowest BCUT2D eigenvalue weighted by molar-refractivity contribution is -0.163. The first-order valence-corrected chi connectivity index (χ1v) is 6.92. The Hall–Kier alpha value is -2.98. The molecule has 24 heavy (non-hydrogen) atoms. The van der Waals surface area contributed by atoms with Crippen LogP contribution in [0.3, 0.4) is 0 Å². The first-order valence-electron chi connectivity index (χ1n) is 6.92. The van der Waals surface area contributed by atoms with Crippen molar-refractivity contribution < 1.29 is 29.3 Å². The second kappa shape index (κ2) is 7.53. The van der Waals surface area contributed by atoms with E-state index in [9.17, 15) is 14.4 Å². The second-order valence-corrected chi connectivity index (χ2v) is 4.82. The largest absolute Gasteiger partial charge is 0.479 e.